The minimum Gasteiger partial charge on any atom is -0.466 e. The Morgan fingerprint density at radius 1 is 1.26 bits per heavy atom. The van der Waals surface area contributed by atoms with E-state index >= 15 is 0 Å². The molecule has 1 spiro atoms. The number of rotatable bonds is 6. The molecule has 2 amide bonds. The van der Waals surface area contributed by atoms with Crippen LogP contribution in [-0.2, 0) is 19.1 Å². The molecule has 0 aromatic carbocycles. The number of carbonyl (C=O) groups excluding carboxylic acids is 3. The number of carbonyl (C=O) groups is 3. The number of alkyl carbamates (subject to hydrolysis) is 1. The highest BCUT2D eigenvalue weighted by Crippen LogP contribution is 2.49. The minimum atomic E-state index is -0.409. The minimum absolute atomic E-state index is 0.0174. The molecule has 2 heterocycles. The number of esters is 1. The zero-order valence-electron chi connectivity index (χ0n) is 16.3. The summed E-state index contributed by atoms with van der Waals surface area (Å²) in [6, 6.07) is 0. The van der Waals surface area contributed by atoms with Crippen LogP contribution in [0, 0.1) is 5.92 Å². The van der Waals surface area contributed by atoms with Gasteiger partial charge < -0.3 is 19.7 Å². The van der Waals surface area contributed by atoms with Crippen molar-refractivity contribution in [3.8, 4) is 0 Å². The molecule has 1 saturated carbocycles. The average Bonchev–Trinajstić information content (AvgIpc) is 3.01. The molecule has 152 valence electrons. The first-order valence-electron chi connectivity index (χ1n) is 10.5. The molecule has 27 heavy (non-hydrogen) atoms. The Morgan fingerprint density at radius 3 is 2.93 bits per heavy atom. The lowest BCUT2D eigenvalue weighted by molar-refractivity contribution is -0.143. The van der Waals surface area contributed by atoms with E-state index in [1.54, 1.807) is 6.92 Å². The van der Waals surface area contributed by atoms with Crippen LogP contribution in [-0.4, -0.2) is 54.2 Å². The molecule has 0 unspecified atom stereocenters. The number of amides is 2. The molecule has 7 nitrogen and oxygen atoms in total. The molecule has 0 radical (unpaired) electrons. The van der Waals surface area contributed by atoms with Gasteiger partial charge in [-0.05, 0) is 64.2 Å². The predicted molar refractivity (Wildman–Crippen MR) is 99.0 cm³/mol. The van der Waals surface area contributed by atoms with Crippen LogP contribution in [0.4, 0.5) is 4.79 Å². The maximum Gasteiger partial charge on any atom is 0.407 e. The smallest absolute Gasteiger partial charge is 0.407 e. The Labute approximate surface area is 161 Å². The highest BCUT2D eigenvalue weighted by atomic mass is 16.6. The van der Waals surface area contributed by atoms with E-state index in [0.29, 0.717) is 44.2 Å². The van der Waals surface area contributed by atoms with E-state index in [4.69, 9.17) is 9.47 Å². The van der Waals surface area contributed by atoms with Gasteiger partial charge in [0.2, 0.25) is 5.91 Å². The van der Waals surface area contributed by atoms with Gasteiger partial charge in [-0.15, -0.1) is 0 Å². The van der Waals surface area contributed by atoms with Crippen LogP contribution < -0.4 is 5.32 Å². The zero-order chi connectivity index (χ0) is 19.3. The van der Waals surface area contributed by atoms with E-state index in [0.717, 1.165) is 51.5 Å². The fourth-order valence-corrected chi connectivity index (χ4v) is 5.21. The van der Waals surface area contributed by atoms with Gasteiger partial charge in [-0.2, -0.15) is 0 Å². The second-order valence-corrected chi connectivity index (χ2v) is 7.98. The summed E-state index contributed by atoms with van der Waals surface area (Å²) in [5.41, 5.74) is 0.0174. The van der Waals surface area contributed by atoms with Crippen molar-refractivity contribution in [1.82, 2.24) is 10.2 Å². The van der Waals surface area contributed by atoms with Crippen molar-refractivity contribution in [3.05, 3.63) is 0 Å². The van der Waals surface area contributed by atoms with E-state index in [9.17, 15) is 14.4 Å². The van der Waals surface area contributed by atoms with E-state index < -0.39 is 6.09 Å². The fraction of sp³-hybridized carbons (Fsp3) is 0.850. The standard InChI is InChI=1S/C20H32N2O5/c1-2-26-18(24)8-4-12-21-19(25)27-16-9-11-20-10-5-13-22(20)17(23)7-3-6-15(20)14-16/h15-16H,2-14H2,1H3,(H,21,25)/t15-,16+,20+/m0/s1. The molecule has 1 aliphatic carbocycles. The molecule has 0 aromatic rings. The van der Waals surface area contributed by atoms with Gasteiger partial charge in [-0.3, -0.25) is 9.59 Å². The van der Waals surface area contributed by atoms with Crippen LogP contribution in [0.3, 0.4) is 0 Å². The number of hydrogen-bond donors (Lipinski definition) is 1. The van der Waals surface area contributed by atoms with Gasteiger partial charge in [0, 0.05) is 31.5 Å². The summed E-state index contributed by atoms with van der Waals surface area (Å²) in [7, 11) is 0. The summed E-state index contributed by atoms with van der Waals surface area (Å²) >= 11 is 0. The first-order chi connectivity index (χ1) is 13.0. The fourth-order valence-electron chi connectivity index (χ4n) is 5.21. The lowest BCUT2D eigenvalue weighted by Gasteiger charge is -2.48. The summed E-state index contributed by atoms with van der Waals surface area (Å²) in [4.78, 5) is 37.9. The molecule has 0 aromatic heterocycles. The van der Waals surface area contributed by atoms with E-state index in [1.165, 1.54) is 0 Å². The van der Waals surface area contributed by atoms with Crippen molar-refractivity contribution >= 4 is 18.0 Å². The Hall–Kier alpha value is -1.79. The van der Waals surface area contributed by atoms with Crippen molar-refractivity contribution < 1.29 is 23.9 Å². The molecule has 2 saturated heterocycles. The summed E-state index contributed by atoms with van der Waals surface area (Å²) in [5, 5.41) is 2.73. The molecule has 1 N–H and O–H groups in total. The molecule has 7 heteroatoms. The van der Waals surface area contributed by atoms with Gasteiger partial charge in [-0.1, -0.05) is 0 Å². The third-order valence-electron chi connectivity index (χ3n) is 6.39. The Morgan fingerprint density at radius 2 is 2.11 bits per heavy atom. The van der Waals surface area contributed by atoms with Crippen LogP contribution >= 0.6 is 0 Å². The zero-order valence-corrected chi connectivity index (χ0v) is 16.3. The van der Waals surface area contributed by atoms with Gasteiger partial charge >= 0.3 is 12.1 Å². The monoisotopic (exact) mass is 380 g/mol. The quantitative estimate of drug-likeness (QED) is 0.566. The summed E-state index contributed by atoms with van der Waals surface area (Å²) in [6.45, 7) is 3.44. The molecule has 3 fully saturated rings. The molecular weight excluding hydrogens is 348 g/mol. The second-order valence-electron chi connectivity index (χ2n) is 7.98. The number of hydrogen-bond acceptors (Lipinski definition) is 5. The molecule has 2 aliphatic heterocycles. The average molecular weight is 380 g/mol. The highest BCUT2D eigenvalue weighted by molar-refractivity contribution is 5.78. The molecule has 0 bridgehead atoms. The van der Waals surface area contributed by atoms with Crippen LogP contribution in [0.5, 0.6) is 0 Å². The van der Waals surface area contributed by atoms with E-state index in [-0.39, 0.29) is 17.6 Å². The van der Waals surface area contributed by atoms with Crippen LogP contribution in [0.15, 0.2) is 0 Å². The highest BCUT2D eigenvalue weighted by Gasteiger charge is 2.52. The molecule has 3 aliphatic rings. The Balaban J connectivity index is 1.44. The van der Waals surface area contributed by atoms with Crippen molar-refractivity contribution in [1.29, 1.82) is 0 Å². The number of nitrogens with one attached hydrogen (secondary N) is 1. The maximum absolute atomic E-state index is 12.4. The van der Waals surface area contributed by atoms with E-state index in [1.807, 2.05) is 0 Å². The largest absolute Gasteiger partial charge is 0.466 e. The van der Waals surface area contributed by atoms with Gasteiger partial charge in [0.05, 0.1) is 6.61 Å². The van der Waals surface area contributed by atoms with Gasteiger partial charge in [-0.25, -0.2) is 4.79 Å². The lowest BCUT2D eigenvalue weighted by Crippen LogP contribution is -2.54. The molecule has 3 rings (SSSR count). The second kappa shape index (κ2) is 8.93. The van der Waals surface area contributed by atoms with Crippen molar-refractivity contribution in [2.45, 2.75) is 82.8 Å². The first-order valence-corrected chi connectivity index (χ1v) is 10.5. The van der Waals surface area contributed by atoms with Crippen LogP contribution in [0.25, 0.3) is 0 Å². The SMILES string of the molecule is CCOC(=O)CCCNC(=O)O[C@@H]1CC[C@@]23CCCN2C(=O)CCC[C@H]3C1. The van der Waals surface area contributed by atoms with Crippen molar-refractivity contribution in [2.75, 3.05) is 19.7 Å². The third kappa shape index (κ3) is 4.55. The van der Waals surface area contributed by atoms with Crippen LogP contribution in [0.1, 0.15) is 71.1 Å². The van der Waals surface area contributed by atoms with Crippen molar-refractivity contribution in [3.63, 3.8) is 0 Å². The first kappa shape index (κ1) is 20.0. The number of nitrogens with zero attached hydrogens (tertiary/aromatic N) is 1. The summed E-state index contributed by atoms with van der Waals surface area (Å²) in [6.07, 6.45) is 7.77. The van der Waals surface area contributed by atoms with Gasteiger partial charge in [0.1, 0.15) is 6.10 Å². The summed E-state index contributed by atoms with van der Waals surface area (Å²) < 4.78 is 10.5. The topological polar surface area (TPSA) is 84.9 Å². The van der Waals surface area contributed by atoms with Gasteiger partial charge in [0.25, 0.3) is 0 Å². The molecule has 3 atom stereocenters. The number of ether oxygens (including phenoxy) is 2. The van der Waals surface area contributed by atoms with Crippen LogP contribution in [0.2, 0.25) is 0 Å². The Bertz CT molecular complexity index is 567. The Kier molecular flexibility index (Phi) is 6.60. The van der Waals surface area contributed by atoms with Crippen molar-refractivity contribution in [2.24, 2.45) is 5.92 Å². The predicted octanol–water partition coefficient (Wildman–Crippen LogP) is 2.77. The normalized spacial score (nSPS) is 30.1. The third-order valence-corrected chi connectivity index (χ3v) is 6.39. The maximum atomic E-state index is 12.4. The summed E-state index contributed by atoms with van der Waals surface area (Å²) in [5.74, 6) is 0.504. The van der Waals surface area contributed by atoms with Gasteiger partial charge in [0.15, 0.2) is 0 Å². The lowest BCUT2D eigenvalue weighted by atomic mass is 9.69. The molecular formula is C20H32N2O5. The van der Waals surface area contributed by atoms with E-state index in [2.05, 4.69) is 10.2 Å².